The molecule has 0 spiro atoms. The number of carbonyl (C=O) groups excluding carboxylic acids is 1. The fraction of sp³-hybridized carbons (Fsp3) is 0.364. The third kappa shape index (κ3) is 3.85. The van der Waals surface area contributed by atoms with Crippen molar-refractivity contribution in [2.75, 3.05) is 26.3 Å². The van der Waals surface area contributed by atoms with Crippen LogP contribution in [-0.4, -0.2) is 55.9 Å². The number of amides is 1. The third-order valence-corrected chi connectivity index (χ3v) is 2.46. The van der Waals surface area contributed by atoms with E-state index in [9.17, 15) is 4.79 Å². The van der Waals surface area contributed by atoms with Crippen LogP contribution in [0.2, 0.25) is 0 Å². The van der Waals surface area contributed by atoms with Crippen molar-refractivity contribution in [3.05, 3.63) is 29.8 Å². The van der Waals surface area contributed by atoms with Gasteiger partial charge in [-0.2, -0.15) is 0 Å². The van der Waals surface area contributed by atoms with Crippen LogP contribution < -0.4 is 5.46 Å². The van der Waals surface area contributed by atoms with Gasteiger partial charge in [-0.3, -0.25) is 4.79 Å². The van der Waals surface area contributed by atoms with Crippen molar-refractivity contribution in [3.63, 3.8) is 0 Å². The van der Waals surface area contributed by atoms with Gasteiger partial charge in [0.1, 0.15) is 7.85 Å². The molecule has 0 bridgehead atoms. The summed E-state index contributed by atoms with van der Waals surface area (Å²) in [7, 11) is 5.56. The molecule has 6 heteroatoms. The van der Waals surface area contributed by atoms with Crippen molar-refractivity contribution >= 4 is 19.2 Å². The number of hydrogen-bond acceptors (Lipinski definition) is 2. The molecule has 0 aromatic heterocycles. The Morgan fingerprint density at radius 2 is 1.65 bits per heavy atom. The first-order valence-corrected chi connectivity index (χ1v) is 5.00. The SMILES string of the molecule is O.O.[B]c1ccc(C(=O)N2CCOCC2)cc1. The van der Waals surface area contributed by atoms with Crippen molar-refractivity contribution < 1.29 is 20.5 Å². The summed E-state index contributed by atoms with van der Waals surface area (Å²) >= 11 is 0. The van der Waals surface area contributed by atoms with Crippen molar-refractivity contribution in [2.24, 2.45) is 0 Å². The summed E-state index contributed by atoms with van der Waals surface area (Å²) in [5, 5.41) is 0. The van der Waals surface area contributed by atoms with E-state index in [4.69, 9.17) is 12.6 Å². The highest BCUT2D eigenvalue weighted by Gasteiger charge is 2.17. The minimum absolute atomic E-state index is 0. The molecule has 1 heterocycles. The lowest BCUT2D eigenvalue weighted by Crippen LogP contribution is -2.40. The lowest BCUT2D eigenvalue weighted by atomic mass is 9.95. The van der Waals surface area contributed by atoms with Gasteiger partial charge in [0.15, 0.2) is 0 Å². The maximum Gasteiger partial charge on any atom is 0.254 e. The van der Waals surface area contributed by atoms with E-state index in [1.54, 1.807) is 29.2 Å². The largest absolute Gasteiger partial charge is 0.412 e. The van der Waals surface area contributed by atoms with Crippen LogP contribution in [0.25, 0.3) is 0 Å². The quantitative estimate of drug-likeness (QED) is 0.544. The summed E-state index contributed by atoms with van der Waals surface area (Å²) in [5.41, 5.74) is 1.36. The smallest absolute Gasteiger partial charge is 0.254 e. The predicted octanol–water partition coefficient (Wildman–Crippen LogP) is -1.70. The molecule has 2 rings (SSSR count). The van der Waals surface area contributed by atoms with E-state index in [1.807, 2.05) is 0 Å². The maximum atomic E-state index is 11.9. The first-order valence-electron chi connectivity index (χ1n) is 5.00. The standard InChI is InChI=1S/C11H12BNO2.2H2O/c12-10-3-1-9(2-4-10)11(14)13-5-7-15-8-6-13;;/h1-4H,5-8H2;2*1H2. The molecule has 5 nitrogen and oxygen atoms in total. The Bertz CT molecular complexity index is 349. The van der Waals surface area contributed by atoms with Crippen molar-refractivity contribution in [3.8, 4) is 0 Å². The highest BCUT2D eigenvalue weighted by molar-refractivity contribution is 6.32. The number of benzene rings is 1. The normalized spacial score (nSPS) is 14.5. The number of nitrogens with zero attached hydrogens (tertiary/aromatic N) is 1. The Morgan fingerprint density at radius 1 is 1.12 bits per heavy atom. The van der Waals surface area contributed by atoms with E-state index >= 15 is 0 Å². The summed E-state index contributed by atoms with van der Waals surface area (Å²) in [5.74, 6) is 0.0540. The first-order chi connectivity index (χ1) is 7.27. The molecule has 4 N–H and O–H groups in total. The van der Waals surface area contributed by atoms with Gasteiger partial charge in [0, 0.05) is 18.7 Å². The molecule has 1 aromatic carbocycles. The third-order valence-electron chi connectivity index (χ3n) is 2.46. The molecule has 17 heavy (non-hydrogen) atoms. The minimum Gasteiger partial charge on any atom is -0.412 e. The molecule has 1 aliphatic rings. The number of rotatable bonds is 1. The van der Waals surface area contributed by atoms with E-state index < -0.39 is 0 Å². The minimum atomic E-state index is 0. The van der Waals surface area contributed by atoms with Gasteiger partial charge in [-0.25, -0.2) is 0 Å². The highest BCUT2D eigenvalue weighted by atomic mass is 16.5. The number of carbonyl (C=O) groups is 1. The molecule has 1 fully saturated rings. The molecule has 0 aliphatic carbocycles. The van der Waals surface area contributed by atoms with Gasteiger partial charge >= 0.3 is 0 Å². The fourth-order valence-electron chi connectivity index (χ4n) is 1.57. The highest BCUT2D eigenvalue weighted by Crippen LogP contribution is 2.05. The second-order valence-electron chi connectivity index (χ2n) is 3.53. The van der Waals surface area contributed by atoms with Gasteiger partial charge < -0.3 is 20.6 Å². The summed E-state index contributed by atoms with van der Waals surface area (Å²) < 4.78 is 5.19. The van der Waals surface area contributed by atoms with Gasteiger partial charge in [-0.15, -0.1) is 0 Å². The number of ether oxygens (including phenoxy) is 1. The summed E-state index contributed by atoms with van der Waals surface area (Å²) in [6, 6.07) is 7.00. The molecule has 92 valence electrons. The van der Waals surface area contributed by atoms with Crippen LogP contribution in [0.15, 0.2) is 24.3 Å². The average Bonchev–Trinajstić information content (AvgIpc) is 2.30. The zero-order valence-corrected chi connectivity index (χ0v) is 9.48. The monoisotopic (exact) mass is 237 g/mol. The summed E-state index contributed by atoms with van der Waals surface area (Å²) in [4.78, 5) is 13.7. The summed E-state index contributed by atoms with van der Waals surface area (Å²) in [6.45, 7) is 2.59. The van der Waals surface area contributed by atoms with Crippen LogP contribution in [0, 0.1) is 0 Å². The van der Waals surface area contributed by atoms with Crippen LogP contribution in [0.3, 0.4) is 0 Å². The molecule has 0 unspecified atom stereocenters. The molecule has 2 radical (unpaired) electrons. The fourth-order valence-corrected chi connectivity index (χ4v) is 1.57. The van der Waals surface area contributed by atoms with Crippen molar-refractivity contribution in [1.82, 2.24) is 4.90 Å². The molecule has 0 saturated carbocycles. The van der Waals surface area contributed by atoms with E-state index in [2.05, 4.69) is 0 Å². The molecule has 1 aliphatic heterocycles. The predicted molar refractivity (Wildman–Crippen MR) is 65.8 cm³/mol. The van der Waals surface area contributed by atoms with Gasteiger partial charge in [0.05, 0.1) is 13.2 Å². The maximum absolute atomic E-state index is 11.9. The Kier molecular flexibility index (Phi) is 6.49. The Hall–Kier alpha value is -1.37. The van der Waals surface area contributed by atoms with Gasteiger partial charge in [0.25, 0.3) is 5.91 Å². The number of hydrogen-bond donors (Lipinski definition) is 0. The second-order valence-corrected chi connectivity index (χ2v) is 3.53. The van der Waals surface area contributed by atoms with Crippen LogP contribution in [-0.2, 0) is 4.74 Å². The molecule has 1 amide bonds. The summed E-state index contributed by atoms with van der Waals surface area (Å²) in [6.07, 6.45) is 0. The molecular formula is C11H16BNO4. The zero-order valence-electron chi connectivity index (χ0n) is 9.48. The van der Waals surface area contributed by atoms with Crippen molar-refractivity contribution in [2.45, 2.75) is 0 Å². The Morgan fingerprint density at radius 3 is 2.18 bits per heavy atom. The van der Waals surface area contributed by atoms with E-state index in [-0.39, 0.29) is 16.9 Å². The van der Waals surface area contributed by atoms with Gasteiger partial charge in [-0.05, 0) is 0 Å². The lowest BCUT2D eigenvalue weighted by Gasteiger charge is -2.26. The van der Waals surface area contributed by atoms with Crippen LogP contribution in [0.4, 0.5) is 0 Å². The van der Waals surface area contributed by atoms with E-state index in [0.29, 0.717) is 37.3 Å². The first kappa shape index (κ1) is 15.6. The van der Waals surface area contributed by atoms with Crippen molar-refractivity contribution in [1.29, 1.82) is 0 Å². The second kappa shape index (κ2) is 7.06. The lowest BCUT2D eigenvalue weighted by molar-refractivity contribution is 0.0303. The van der Waals surface area contributed by atoms with Crippen LogP contribution in [0.5, 0.6) is 0 Å². The average molecular weight is 237 g/mol. The molecule has 1 aromatic rings. The van der Waals surface area contributed by atoms with Crippen LogP contribution >= 0.6 is 0 Å². The van der Waals surface area contributed by atoms with E-state index in [0.717, 1.165) is 0 Å². The van der Waals surface area contributed by atoms with Crippen LogP contribution in [0.1, 0.15) is 10.4 Å². The van der Waals surface area contributed by atoms with Gasteiger partial charge in [-0.1, -0.05) is 29.7 Å². The Labute approximate surface area is 101 Å². The Balaban J connectivity index is 0.00000128. The number of morpholine rings is 1. The van der Waals surface area contributed by atoms with E-state index in [1.165, 1.54) is 0 Å². The molecular weight excluding hydrogens is 221 g/mol. The van der Waals surface area contributed by atoms with Gasteiger partial charge in [0.2, 0.25) is 0 Å². The zero-order chi connectivity index (χ0) is 10.7. The topological polar surface area (TPSA) is 92.5 Å². The molecule has 1 saturated heterocycles. The molecule has 0 atom stereocenters.